The number of benzene rings is 1. The second-order valence-electron chi connectivity index (χ2n) is 5.99. The van der Waals surface area contributed by atoms with Crippen LogP contribution in [0.2, 0.25) is 0 Å². The predicted octanol–water partition coefficient (Wildman–Crippen LogP) is 1.50. The van der Waals surface area contributed by atoms with E-state index in [1.165, 1.54) is 35.7 Å². The fraction of sp³-hybridized carbons (Fsp3) is 0.333. The van der Waals surface area contributed by atoms with Crippen LogP contribution in [-0.2, 0) is 13.0 Å². The van der Waals surface area contributed by atoms with Crippen molar-refractivity contribution in [2.45, 2.75) is 25.9 Å². The molecule has 1 aromatic heterocycles. The molecule has 3 rings (SSSR count). The Balaban J connectivity index is 1.55. The van der Waals surface area contributed by atoms with E-state index in [0.717, 1.165) is 19.5 Å². The van der Waals surface area contributed by atoms with Crippen LogP contribution in [-0.4, -0.2) is 29.9 Å². The van der Waals surface area contributed by atoms with Crippen LogP contribution in [0.25, 0.3) is 0 Å². The highest BCUT2D eigenvalue weighted by Crippen LogP contribution is 2.19. The molecular weight excluding hydrogens is 290 g/mol. The van der Waals surface area contributed by atoms with Crippen LogP contribution in [0.3, 0.4) is 0 Å². The molecule has 5 nitrogen and oxygen atoms in total. The van der Waals surface area contributed by atoms with Gasteiger partial charge in [0.05, 0.1) is 5.56 Å². The fourth-order valence-electron chi connectivity index (χ4n) is 2.93. The van der Waals surface area contributed by atoms with Crippen molar-refractivity contribution in [1.29, 1.82) is 0 Å². The number of aromatic nitrogens is 1. The standard InChI is InChI=1S/C18H21N3O2/c1-14(12-19-18(22)16-7-10-21(23)11-8-16)20-9-6-15-4-2-3-5-17(15)13-20/h2-5,7-8,10-11,14H,6,9,12-13H2,1H3,(H,19,22). The molecule has 0 bridgehead atoms. The van der Waals surface area contributed by atoms with E-state index in [1.807, 2.05) is 0 Å². The number of pyridine rings is 1. The lowest BCUT2D eigenvalue weighted by Gasteiger charge is -2.33. The zero-order valence-corrected chi connectivity index (χ0v) is 13.2. The van der Waals surface area contributed by atoms with Gasteiger partial charge < -0.3 is 10.5 Å². The number of amides is 1. The third kappa shape index (κ3) is 3.68. The maximum atomic E-state index is 12.1. The van der Waals surface area contributed by atoms with Gasteiger partial charge >= 0.3 is 0 Å². The molecule has 1 aliphatic heterocycles. The molecule has 1 unspecified atom stereocenters. The minimum absolute atomic E-state index is 0.144. The SMILES string of the molecule is CC(CNC(=O)c1cc[n+]([O-])cc1)N1CCc2ccccc2C1. The molecule has 0 aliphatic carbocycles. The minimum atomic E-state index is -0.144. The van der Waals surface area contributed by atoms with Crippen molar-refractivity contribution in [2.24, 2.45) is 0 Å². The molecule has 23 heavy (non-hydrogen) atoms. The molecule has 1 N–H and O–H groups in total. The Bertz CT molecular complexity index is 685. The average Bonchev–Trinajstić information content (AvgIpc) is 2.59. The largest absolute Gasteiger partial charge is 0.619 e. The van der Waals surface area contributed by atoms with E-state index in [0.29, 0.717) is 16.8 Å². The van der Waals surface area contributed by atoms with Crippen LogP contribution in [0.1, 0.15) is 28.4 Å². The van der Waals surface area contributed by atoms with Gasteiger partial charge in [0.15, 0.2) is 12.4 Å². The van der Waals surface area contributed by atoms with Crippen molar-refractivity contribution in [1.82, 2.24) is 10.2 Å². The Hall–Kier alpha value is -2.40. The third-order valence-electron chi connectivity index (χ3n) is 4.41. The Morgan fingerprint density at radius 2 is 1.96 bits per heavy atom. The van der Waals surface area contributed by atoms with E-state index < -0.39 is 0 Å². The summed E-state index contributed by atoms with van der Waals surface area (Å²) in [6.45, 7) is 4.66. The Morgan fingerprint density at radius 1 is 1.26 bits per heavy atom. The fourth-order valence-corrected chi connectivity index (χ4v) is 2.93. The van der Waals surface area contributed by atoms with Crippen molar-refractivity contribution >= 4 is 5.91 Å². The number of nitrogens with one attached hydrogen (secondary N) is 1. The molecule has 2 heterocycles. The lowest BCUT2D eigenvalue weighted by Crippen LogP contribution is -2.44. The molecule has 5 heteroatoms. The van der Waals surface area contributed by atoms with Gasteiger partial charge in [0.25, 0.3) is 5.91 Å². The van der Waals surface area contributed by atoms with Crippen LogP contribution in [0.15, 0.2) is 48.8 Å². The van der Waals surface area contributed by atoms with E-state index >= 15 is 0 Å². The van der Waals surface area contributed by atoms with Gasteiger partial charge in [-0.25, -0.2) is 0 Å². The molecule has 0 spiro atoms. The summed E-state index contributed by atoms with van der Waals surface area (Å²) in [6.07, 6.45) is 3.72. The number of fused-ring (bicyclic) bond motifs is 1. The lowest BCUT2D eigenvalue weighted by atomic mass is 9.99. The van der Waals surface area contributed by atoms with Gasteiger partial charge in [0.2, 0.25) is 0 Å². The smallest absolute Gasteiger partial charge is 0.251 e. The Labute approximate surface area is 136 Å². The summed E-state index contributed by atoms with van der Waals surface area (Å²) in [5.74, 6) is -0.144. The Morgan fingerprint density at radius 3 is 2.70 bits per heavy atom. The molecule has 1 atom stereocenters. The summed E-state index contributed by atoms with van der Waals surface area (Å²) in [7, 11) is 0. The highest BCUT2D eigenvalue weighted by molar-refractivity contribution is 5.93. The topological polar surface area (TPSA) is 59.3 Å². The van der Waals surface area contributed by atoms with Crippen molar-refractivity contribution in [3.05, 3.63) is 70.7 Å². The molecular formula is C18H21N3O2. The Kier molecular flexibility index (Phi) is 4.57. The second-order valence-corrected chi connectivity index (χ2v) is 5.99. The maximum Gasteiger partial charge on any atom is 0.251 e. The van der Waals surface area contributed by atoms with Crippen LogP contribution in [0.5, 0.6) is 0 Å². The lowest BCUT2D eigenvalue weighted by molar-refractivity contribution is -0.605. The number of hydrogen-bond acceptors (Lipinski definition) is 3. The minimum Gasteiger partial charge on any atom is -0.619 e. The van der Waals surface area contributed by atoms with Crippen molar-refractivity contribution < 1.29 is 9.52 Å². The number of nitrogens with zero attached hydrogens (tertiary/aromatic N) is 2. The number of carbonyl (C=O) groups excluding carboxylic acids is 1. The van der Waals surface area contributed by atoms with Gasteiger partial charge in [-0.2, -0.15) is 4.73 Å². The number of carbonyl (C=O) groups is 1. The van der Waals surface area contributed by atoms with Gasteiger partial charge in [0, 0.05) is 37.8 Å². The first-order chi connectivity index (χ1) is 11.1. The van der Waals surface area contributed by atoms with Gasteiger partial charge in [-0.05, 0) is 24.5 Å². The summed E-state index contributed by atoms with van der Waals surface area (Å²) < 4.78 is 0.671. The zero-order chi connectivity index (χ0) is 16.2. The highest BCUT2D eigenvalue weighted by atomic mass is 16.5. The normalized spacial score (nSPS) is 15.7. The average molecular weight is 311 g/mol. The summed E-state index contributed by atoms with van der Waals surface area (Å²) in [4.78, 5) is 14.5. The molecule has 1 aromatic carbocycles. The van der Waals surface area contributed by atoms with E-state index in [4.69, 9.17) is 0 Å². The molecule has 0 radical (unpaired) electrons. The second kappa shape index (κ2) is 6.79. The summed E-state index contributed by atoms with van der Waals surface area (Å²) in [5.41, 5.74) is 3.31. The van der Waals surface area contributed by atoms with Crippen LogP contribution in [0.4, 0.5) is 0 Å². The molecule has 0 saturated carbocycles. The number of hydrogen-bond donors (Lipinski definition) is 1. The monoisotopic (exact) mass is 311 g/mol. The van der Waals surface area contributed by atoms with Crippen molar-refractivity contribution in [3.63, 3.8) is 0 Å². The quantitative estimate of drug-likeness (QED) is 0.687. The highest BCUT2D eigenvalue weighted by Gasteiger charge is 2.20. The first-order valence-corrected chi connectivity index (χ1v) is 7.91. The molecule has 2 aromatic rings. The molecule has 0 fully saturated rings. The van der Waals surface area contributed by atoms with Gasteiger partial charge in [-0.3, -0.25) is 9.69 Å². The first kappa shape index (κ1) is 15.5. The van der Waals surface area contributed by atoms with E-state index in [1.54, 1.807) is 0 Å². The maximum absolute atomic E-state index is 12.1. The predicted molar refractivity (Wildman–Crippen MR) is 87.8 cm³/mol. The number of rotatable bonds is 4. The van der Waals surface area contributed by atoms with Crippen molar-refractivity contribution in [3.8, 4) is 0 Å². The van der Waals surface area contributed by atoms with Crippen molar-refractivity contribution in [2.75, 3.05) is 13.1 Å². The molecule has 120 valence electrons. The summed E-state index contributed by atoms with van der Waals surface area (Å²) in [5, 5.41) is 13.9. The van der Waals surface area contributed by atoms with Crippen LogP contribution < -0.4 is 10.0 Å². The van der Waals surface area contributed by atoms with Crippen LogP contribution >= 0.6 is 0 Å². The van der Waals surface area contributed by atoms with E-state index in [-0.39, 0.29) is 11.9 Å². The van der Waals surface area contributed by atoms with Gasteiger partial charge in [-0.15, -0.1) is 0 Å². The summed E-state index contributed by atoms with van der Waals surface area (Å²) in [6, 6.07) is 11.9. The summed E-state index contributed by atoms with van der Waals surface area (Å²) >= 11 is 0. The molecule has 1 amide bonds. The van der Waals surface area contributed by atoms with Gasteiger partial charge in [-0.1, -0.05) is 24.3 Å². The molecule has 0 saturated heterocycles. The van der Waals surface area contributed by atoms with Crippen LogP contribution in [0, 0.1) is 5.21 Å². The van der Waals surface area contributed by atoms with E-state index in [9.17, 15) is 10.0 Å². The first-order valence-electron chi connectivity index (χ1n) is 7.91. The van der Waals surface area contributed by atoms with Gasteiger partial charge in [0.1, 0.15) is 0 Å². The molecule has 1 aliphatic rings. The van der Waals surface area contributed by atoms with E-state index in [2.05, 4.69) is 41.4 Å². The zero-order valence-electron chi connectivity index (χ0n) is 13.2. The third-order valence-corrected chi connectivity index (χ3v) is 4.41.